The van der Waals surface area contributed by atoms with Gasteiger partial charge < -0.3 is 4.57 Å². The van der Waals surface area contributed by atoms with Crippen molar-refractivity contribution in [2.24, 2.45) is 0 Å². The number of hydrogen-bond acceptors (Lipinski definition) is 2. The van der Waals surface area contributed by atoms with Crippen molar-refractivity contribution in [2.75, 3.05) is 0 Å². The Kier molecular flexibility index (Phi) is 6.07. The second-order valence-corrected chi connectivity index (χ2v) is 5.63. The maximum Gasteiger partial charge on any atom is 0.124 e. The molecule has 21 heavy (non-hydrogen) atoms. The quantitative estimate of drug-likeness (QED) is 0.508. The zero-order chi connectivity index (χ0) is 15.1. The van der Waals surface area contributed by atoms with Crippen molar-refractivity contribution in [3.8, 4) is 6.07 Å². The lowest BCUT2D eigenvalue weighted by Crippen LogP contribution is -2.02. The van der Waals surface area contributed by atoms with Crippen LogP contribution in [0.3, 0.4) is 0 Å². The monoisotopic (exact) mass is 303 g/mol. The van der Waals surface area contributed by atoms with Gasteiger partial charge in [-0.3, -0.25) is 0 Å². The van der Waals surface area contributed by atoms with Crippen LogP contribution in [0, 0.1) is 11.3 Å². The van der Waals surface area contributed by atoms with Crippen LogP contribution in [0.5, 0.6) is 0 Å². The molecular weight excluding hydrogens is 282 g/mol. The van der Waals surface area contributed by atoms with Crippen LogP contribution in [0.2, 0.25) is 0 Å². The Morgan fingerprint density at radius 1 is 1.19 bits per heavy atom. The van der Waals surface area contributed by atoms with Crippen molar-refractivity contribution >= 4 is 22.6 Å². The highest BCUT2D eigenvalue weighted by molar-refractivity contribution is 6.16. The number of para-hydroxylation sites is 1. The molecule has 0 bridgehead atoms. The number of nitrogens with zero attached hydrogens (tertiary/aromatic N) is 3. The minimum absolute atomic E-state index is 0.384. The molecule has 0 saturated heterocycles. The summed E-state index contributed by atoms with van der Waals surface area (Å²) >= 11 is 6.01. The largest absolute Gasteiger partial charge is 0.327 e. The summed E-state index contributed by atoms with van der Waals surface area (Å²) in [6.45, 7) is 3.16. The second kappa shape index (κ2) is 8.05. The van der Waals surface area contributed by atoms with Crippen LogP contribution in [0.1, 0.15) is 56.8 Å². The van der Waals surface area contributed by atoms with Crippen molar-refractivity contribution in [2.45, 2.75) is 57.9 Å². The van der Waals surface area contributed by atoms with Crippen molar-refractivity contribution < 1.29 is 0 Å². The Bertz CT molecular complexity index is 625. The molecule has 2 aromatic rings. The predicted octanol–water partition coefficient (Wildman–Crippen LogP) is 5.01. The molecule has 0 saturated carbocycles. The van der Waals surface area contributed by atoms with Crippen LogP contribution in [0.25, 0.3) is 11.0 Å². The molecule has 2 rings (SSSR count). The highest BCUT2D eigenvalue weighted by atomic mass is 35.5. The number of aromatic nitrogens is 2. The molecule has 4 heteroatoms. The number of fused-ring (bicyclic) bond motifs is 1. The van der Waals surface area contributed by atoms with Gasteiger partial charge in [0.15, 0.2) is 0 Å². The highest BCUT2D eigenvalue weighted by Gasteiger charge is 2.12. The molecule has 0 aliphatic heterocycles. The van der Waals surface area contributed by atoms with E-state index in [1.165, 1.54) is 32.1 Å². The smallest absolute Gasteiger partial charge is 0.124 e. The molecule has 0 radical (unpaired) electrons. The number of imidazole rings is 1. The maximum atomic E-state index is 9.17. The maximum absolute atomic E-state index is 9.17. The number of nitriles is 1. The van der Waals surface area contributed by atoms with E-state index in [-0.39, 0.29) is 0 Å². The molecule has 0 N–H and O–H groups in total. The van der Waals surface area contributed by atoms with Crippen molar-refractivity contribution in [1.82, 2.24) is 9.55 Å². The topological polar surface area (TPSA) is 41.6 Å². The summed E-state index contributed by atoms with van der Waals surface area (Å²) in [5.41, 5.74) is 2.43. The van der Waals surface area contributed by atoms with Crippen molar-refractivity contribution in [1.29, 1.82) is 5.26 Å². The molecular formula is C17H22ClN3. The third-order valence-corrected chi connectivity index (χ3v) is 4.07. The summed E-state index contributed by atoms with van der Waals surface area (Å²) in [6, 6.07) is 7.95. The molecule has 0 amide bonds. The first-order valence-electron chi connectivity index (χ1n) is 7.76. The summed E-state index contributed by atoms with van der Waals surface area (Å²) in [7, 11) is 0. The van der Waals surface area contributed by atoms with Crippen LogP contribution in [0.4, 0.5) is 0 Å². The minimum Gasteiger partial charge on any atom is -0.327 e. The van der Waals surface area contributed by atoms with E-state index in [4.69, 9.17) is 11.6 Å². The van der Waals surface area contributed by atoms with Crippen molar-refractivity contribution in [3.05, 3.63) is 29.6 Å². The number of hydrogen-bond donors (Lipinski definition) is 0. The van der Waals surface area contributed by atoms with Crippen LogP contribution in [-0.4, -0.2) is 9.55 Å². The van der Waals surface area contributed by atoms with Crippen LogP contribution >= 0.6 is 11.6 Å². The number of benzene rings is 1. The molecule has 0 aliphatic carbocycles. The van der Waals surface area contributed by atoms with Crippen molar-refractivity contribution in [3.63, 3.8) is 0 Å². The first-order chi connectivity index (χ1) is 10.3. The number of aryl methyl sites for hydroxylation is 1. The second-order valence-electron chi connectivity index (χ2n) is 5.37. The van der Waals surface area contributed by atoms with E-state index in [1.807, 2.05) is 18.2 Å². The van der Waals surface area contributed by atoms with Gasteiger partial charge in [0.2, 0.25) is 0 Å². The Hall–Kier alpha value is -1.53. The fraction of sp³-hybridized carbons (Fsp3) is 0.529. The Balaban J connectivity index is 2.10. The first kappa shape index (κ1) is 15.9. The molecule has 0 aliphatic rings. The van der Waals surface area contributed by atoms with Gasteiger partial charge in [0.25, 0.3) is 0 Å². The van der Waals surface area contributed by atoms with Crippen LogP contribution in [-0.2, 0) is 12.4 Å². The predicted molar refractivity (Wildman–Crippen MR) is 87.4 cm³/mol. The molecule has 0 fully saturated rings. The Morgan fingerprint density at radius 2 is 1.95 bits per heavy atom. The summed E-state index contributed by atoms with van der Waals surface area (Å²) < 4.78 is 2.17. The van der Waals surface area contributed by atoms with Gasteiger partial charge in [-0.25, -0.2) is 4.98 Å². The minimum atomic E-state index is 0.384. The van der Waals surface area contributed by atoms with Gasteiger partial charge >= 0.3 is 0 Å². The molecule has 1 aromatic carbocycles. The number of rotatable bonds is 8. The first-order valence-corrected chi connectivity index (χ1v) is 8.29. The summed E-state index contributed by atoms with van der Waals surface area (Å²) in [5.74, 6) is 1.25. The lowest BCUT2D eigenvalue weighted by Gasteiger charge is -2.07. The summed E-state index contributed by atoms with van der Waals surface area (Å²) in [6.07, 6.45) is 7.59. The molecule has 0 unspecified atom stereocenters. The van der Waals surface area contributed by atoms with Gasteiger partial charge in [-0.1, -0.05) is 45.1 Å². The normalized spacial score (nSPS) is 10.9. The van der Waals surface area contributed by atoms with E-state index in [2.05, 4.69) is 22.5 Å². The number of alkyl halides is 1. The van der Waals surface area contributed by atoms with Gasteiger partial charge in [0.05, 0.1) is 17.0 Å². The zero-order valence-electron chi connectivity index (χ0n) is 12.6. The van der Waals surface area contributed by atoms with Crippen LogP contribution in [0.15, 0.2) is 18.2 Å². The van der Waals surface area contributed by atoms with Gasteiger partial charge in [0.1, 0.15) is 17.4 Å². The Morgan fingerprint density at radius 3 is 2.67 bits per heavy atom. The zero-order valence-corrected chi connectivity index (χ0v) is 13.4. The molecule has 0 atom stereocenters. The third-order valence-electron chi connectivity index (χ3n) is 3.83. The summed E-state index contributed by atoms with van der Waals surface area (Å²) in [4.78, 5) is 4.54. The standard InChI is InChI=1S/C17H22ClN3/c1-2-3-4-5-6-7-11-21-15-10-8-9-14(13-19)17(15)20-16(21)12-18/h8-10H,2-7,11-12H2,1H3. The van der Waals surface area contributed by atoms with E-state index < -0.39 is 0 Å². The van der Waals surface area contributed by atoms with Gasteiger partial charge in [0, 0.05) is 6.54 Å². The van der Waals surface area contributed by atoms with Gasteiger partial charge in [-0.15, -0.1) is 11.6 Å². The SMILES string of the molecule is CCCCCCCCn1c(CCl)nc2c(C#N)cccc21. The van der Waals surface area contributed by atoms with E-state index in [9.17, 15) is 5.26 Å². The number of halogens is 1. The molecule has 112 valence electrons. The number of unbranched alkanes of at least 4 members (excludes halogenated alkanes) is 5. The molecule has 1 aromatic heterocycles. The Labute approximate surface area is 131 Å². The van der Waals surface area contributed by atoms with E-state index >= 15 is 0 Å². The fourth-order valence-electron chi connectivity index (χ4n) is 2.69. The van der Waals surface area contributed by atoms with Crippen LogP contribution < -0.4 is 0 Å². The molecule has 1 heterocycles. The van der Waals surface area contributed by atoms with Gasteiger partial charge in [-0.05, 0) is 18.6 Å². The summed E-state index contributed by atoms with van der Waals surface area (Å²) in [5, 5.41) is 9.17. The lowest BCUT2D eigenvalue weighted by molar-refractivity contribution is 0.557. The average Bonchev–Trinajstić information content (AvgIpc) is 2.88. The van der Waals surface area contributed by atoms with E-state index in [0.717, 1.165) is 29.8 Å². The van der Waals surface area contributed by atoms with E-state index in [1.54, 1.807) is 0 Å². The molecule has 3 nitrogen and oxygen atoms in total. The fourth-order valence-corrected chi connectivity index (χ4v) is 2.89. The third kappa shape index (κ3) is 3.77. The van der Waals surface area contributed by atoms with E-state index in [0.29, 0.717) is 11.4 Å². The molecule has 0 spiro atoms. The average molecular weight is 304 g/mol. The highest BCUT2D eigenvalue weighted by Crippen LogP contribution is 2.21. The van der Waals surface area contributed by atoms with Gasteiger partial charge in [-0.2, -0.15) is 5.26 Å². The lowest BCUT2D eigenvalue weighted by atomic mass is 10.1.